The van der Waals surface area contributed by atoms with Crippen LogP contribution in [0.2, 0.25) is 5.02 Å². The molecule has 0 aliphatic carbocycles. The fourth-order valence-corrected chi connectivity index (χ4v) is 3.69. The Balaban J connectivity index is 2.03. The third-order valence-corrected chi connectivity index (χ3v) is 6.01. The van der Waals surface area contributed by atoms with Crippen LogP contribution >= 0.6 is 11.6 Å². The Labute approximate surface area is 158 Å². The van der Waals surface area contributed by atoms with Gasteiger partial charge in [0.1, 0.15) is 0 Å². The molecule has 7 nitrogen and oxygen atoms in total. The highest BCUT2D eigenvalue weighted by Crippen LogP contribution is 2.21. The van der Waals surface area contributed by atoms with E-state index in [-0.39, 0.29) is 21.4 Å². The Kier molecular flexibility index (Phi) is 7.43. The molecule has 1 saturated heterocycles. The van der Waals surface area contributed by atoms with Gasteiger partial charge in [0.25, 0.3) is 5.91 Å². The molecule has 1 aromatic rings. The third-order valence-electron chi connectivity index (χ3n) is 4.27. The van der Waals surface area contributed by atoms with Crippen LogP contribution in [0.1, 0.15) is 42.5 Å². The second-order valence-corrected chi connectivity index (χ2v) is 8.37. The van der Waals surface area contributed by atoms with Gasteiger partial charge in [-0.25, -0.2) is 17.9 Å². The number of carbonyl (C=O) groups is 2. The molecular weight excluding hydrogens is 380 g/mol. The van der Waals surface area contributed by atoms with E-state index in [0.29, 0.717) is 13.1 Å². The number of carbonyl (C=O) groups excluding carboxylic acids is 2. The number of sulfonamides is 1. The Bertz CT molecular complexity index is 758. The minimum atomic E-state index is -3.72. The topological polar surface area (TPSA) is 92.8 Å². The van der Waals surface area contributed by atoms with Crippen molar-refractivity contribution in [1.29, 1.82) is 0 Å². The van der Waals surface area contributed by atoms with Crippen LogP contribution in [0, 0.1) is 0 Å². The van der Waals surface area contributed by atoms with E-state index < -0.39 is 22.6 Å². The summed E-state index contributed by atoms with van der Waals surface area (Å²) >= 11 is 5.98. The first-order chi connectivity index (χ1) is 12.3. The summed E-state index contributed by atoms with van der Waals surface area (Å²) in [6.45, 7) is 0.929. The molecule has 1 aromatic carbocycles. The normalized spacial score (nSPS) is 15.8. The van der Waals surface area contributed by atoms with Crippen molar-refractivity contribution in [2.75, 3.05) is 26.7 Å². The maximum absolute atomic E-state index is 12.3. The fourth-order valence-electron chi connectivity index (χ4n) is 2.74. The third kappa shape index (κ3) is 5.43. The van der Waals surface area contributed by atoms with Gasteiger partial charge in [0, 0.05) is 13.1 Å². The predicted molar refractivity (Wildman–Crippen MR) is 97.6 cm³/mol. The van der Waals surface area contributed by atoms with Gasteiger partial charge >= 0.3 is 5.97 Å². The molecule has 0 saturated carbocycles. The average Bonchev–Trinajstić information content (AvgIpc) is 2.59. The molecule has 144 valence electrons. The van der Waals surface area contributed by atoms with Crippen molar-refractivity contribution in [2.24, 2.45) is 0 Å². The van der Waals surface area contributed by atoms with Crippen LogP contribution in [0.3, 0.4) is 0 Å². The number of likely N-dealkylation sites (tertiary alicyclic amines) is 1. The first-order valence-electron chi connectivity index (χ1n) is 8.53. The highest BCUT2D eigenvalue weighted by molar-refractivity contribution is 7.89. The van der Waals surface area contributed by atoms with Gasteiger partial charge in [0.05, 0.1) is 15.5 Å². The number of hydrogen-bond acceptors (Lipinski definition) is 5. The summed E-state index contributed by atoms with van der Waals surface area (Å²) in [6.07, 6.45) is 5.24. The zero-order valence-corrected chi connectivity index (χ0v) is 16.2. The van der Waals surface area contributed by atoms with E-state index in [1.54, 1.807) is 4.90 Å². The van der Waals surface area contributed by atoms with Gasteiger partial charge in [-0.05, 0) is 38.1 Å². The molecule has 0 spiro atoms. The van der Waals surface area contributed by atoms with E-state index in [1.807, 2.05) is 0 Å². The summed E-state index contributed by atoms with van der Waals surface area (Å²) in [4.78, 5) is 26.1. The number of hydrogen-bond donors (Lipinski definition) is 1. The average molecular weight is 403 g/mol. The molecule has 1 fully saturated rings. The lowest BCUT2D eigenvalue weighted by molar-refractivity contribution is -0.134. The van der Waals surface area contributed by atoms with Crippen molar-refractivity contribution >= 4 is 33.5 Å². The molecule has 1 aliphatic rings. The summed E-state index contributed by atoms with van der Waals surface area (Å²) in [7, 11) is -2.45. The Morgan fingerprint density at radius 1 is 1.15 bits per heavy atom. The van der Waals surface area contributed by atoms with Crippen molar-refractivity contribution in [3.05, 3.63) is 28.8 Å². The van der Waals surface area contributed by atoms with Gasteiger partial charge in [-0.2, -0.15) is 0 Å². The molecule has 0 atom stereocenters. The molecule has 9 heteroatoms. The monoisotopic (exact) mass is 402 g/mol. The number of nitrogens with zero attached hydrogens (tertiary/aromatic N) is 1. The Morgan fingerprint density at radius 2 is 1.77 bits per heavy atom. The SMILES string of the molecule is CNS(=O)(=O)c1ccc(Cl)c(C(=O)OCC(=O)N2CCCCCCC2)c1. The molecule has 1 aliphatic heterocycles. The zero-order valence-electron chi connectivity index (χ0n) is 14.7. The summed E-state index contributed by atoms with van der Waals surface area (Å²) in [5.41, 5.74) is -0.0940. The molecule has 0 unspecified atom stereocenters. The molecule has 2 rings (SSSR count). The number of ether oxygens (including phenoxy) is 1. The van der Waals surface area contributed by atoms with E-state index in [2.05, 4.69) is 4.72 Å². The lowest BCUT2D eigenvalue weighted by Crippen LogP contribution is -2.37. The van der Waals surface area contributed by atoms with Crippen LogP contribution in [0.5, 0.6) is 0 Å². The first-order valence-corrected chi connectivity index (χ1v) is 10.4. The van der Waals surface area contributed by atoms with E-state index >= 15 is 0 Å². The smallest absolute Gasteiger partial charge is 0.340 e. The molecule has 26 heavy (non-hydrogen) atoms. The van der Waals surface area contributed by atoms with Gasteiger partial charge < -0.3 is 9.64 Å². The lowest BCUT2D eigenvalue weighted by atomic mass is 10.1. The molecule has 0 radical (unpaired) electrons. The maximum Gasteiger partial charge on any atom is 0.340 e. The lowest BCUT2D eigenvalue weighted by Gasteiger charge is -2.24. The van der Waals surface area contributed by atoms with Crippen LogP contribution < -0.4 is 4.72 Å². The zero-order chi connectivity index (χ0) is 19.2. The van der Waals surface area contributed by atoms with Crippen molar-refractivity contribution in [3.8, 4) is 0 Å². The van der Waals surface area contributed by atoms with Crippen LogP contribution in [0.4, 0.5) is 0 Å². The first kappa shape index (κ1) is 20.7. The van der Waals surface area contributed by atoms with Gasteiger partial charge in [0.15, 0.2) is 6.61 Å². The largest absolute Gasteiger partial charge is 0.452 e. The molecule has 0 bridgehead atoms. The minimum Gasteiger partial charge on any atom is -0.452 e. The number of nitrogens with one attached hydrogen (secondary N) is 1. The molecule has 1 N–H and O–H groups in total. The van der Waals surface area contributed by atoms with Gasteiger partial charge in [-0.3, -0.25) is 4.79 Å². The van der Waals surface area contributed by atoms with Crippen LogP contribution in [-0.4, -0.2) is 51.9 Å². The van der Waals surface area contributed by atoms with Crippen LogP contribution in [-0.2, 0) is 19.6 Å². The van der Waals surface area contributed by atoms with Crippen molar-refractivity contribution < 1.29 is 22.7 Å². The molecule has 1 amide bonds. The highest BCUT2D eigenvalue weighted by atomic mass is 35.5. The predicted octanol–water partition coefficient (Wildman–Crippen LogP) is 2.20. The maximum atomic E-state index is 12.3. The second-order valence-electron chi connectivity index (χ2n) is 6.07. The Hall–Kier alpha value is -1.64. The number of rotatable bonds is 5. The van der Waals surface area contributed by atoms with E-state index in [0.717, 1.165) is 31.7 Å². The van der Waals surface area contributed by atoms with Crippen molar-refractivity contribution in [2.45, 2.75) is 37.0 Å². The highest BCUT2D eigenvalue weighted by Gasteiger charge is 2.21. The number of halogens is 1. The van der Waals surface area contributed by atoms with E-state index in [1.165, 1.54) is 25.6 Å². The number of esters is 1. The standard InChI is InChI=1S/C17H23ClN2O5S/c1-19-26(23,24)13-7-8-15(18)14(11-13)17(22)25-12-16(21)20-9-5-3-2-4-6-10-20/h7-8,11,19H,2-6,9-10,12H2,1H3. The molecule has 1 heterocycles. The summed E-state index contributed by atoms with van der Waals surface area (Å²) < 4.78 is 30.9. The number of amides is 1. The minimum absolute atomic E-state index is 0.0590. The van der Waals surface area contributed by atoms with Crippen LogP contribution in [0.25, 0.3) is 0 Å². The van der Waals surface area contributed by atoms with Crippen molar-refractivity contribution in [3.63, 3.8) is 0 Å². The van der Waals surface area contributed by atoms with E-state index in [4.69, 9.17) is 16.3 Å². The summed E-state index contributed by atoms with van der Waals surface area (Å²) in [5.74, 6) is -1.08. The van der Waals surface area contributed by atoms with Gasteiger partial charge in [-0.1, -0.05) is 30.9 Å². The molecule has 0 aromatic heterocycles. The Morgan fingerprint density at radius 3 is 2.38 bits per heavy atom. The quantitative estimate of drug-likeness (QED) is 0.762. The molecular formula is C17H23ClN2O5S. The van der Waals surface area contributed by atoms with Gasteiger partial charge in [-0.15, -0.1) is 0 Å². The van der Waals surface area contributed by atoms with E-state index in [9.17, 15) is 18.0 Å². The van der Waals surface area contributed by atoms with Crippen molar-refractivity contribution in [1.82, 2.24) is 9.62 Å². The second kappa shape index (κ2) is 9.34. The van der Waals surface area contributed by atoms with Gasteiger partial charge in [0.2, 0.25) is 10.0 Å². The summed E-state index contributed by atoms with van der Waals surface area (Å²) in [6, 6.07) is 3.73. The van der Waals surface area contributed by atoms with Crippen LogP contribution in [0.15, 0.2) is 23.1 Å². The fraction of sp³-hybridized carbons (Fsp3) is 0.529. The summed E-state index contributed by atoms with van der Waals surface area (Å²) in [5, 5.41) is 0.0590. The number of benzene rings is 1.